The summed E-state index contributed by atoms with van der Waals surface area (Å²) in [4.78, 5) is 0. The number of sulfonamides is 1. The van der Waals surface area contributed by atoms with Crippen molar-refractivity contribution in [2.45, 2.75) is 45.8 Å². The quantitative estimate of drug-likeness (QED) is 0.780. The molecule has 0 radical (unpaired) electrons. The number of hydrogen-bond acceptors (Lipinski definition) is 4. The van der Waals surface area contributed by atoms with Crippen molar-refractivity contribution in [1.82, 2.24) is 4.31 Å². The van der Waals surface area contributed by atoms with E-state index in [1.165, 1.54) is 0 Å². The molecule has 0 aliphatic carbocycles. The predicted molar refractivity (Wildman–Crippen MR) is 72.8 cm³/mol. The molecule has 0 bridgehead atoms. The van der Waals surface area contributed by atoms with Crippen LogP contribution in [0.15, 0.2) is 0 Å². The normalized spacial score (nSPS) is 24.4. The van der Waals surface area contributed by atoms with Crippen LogP contribution in [0.25, 0.3) is 0 Å². The van der Waals surface area contributed by atoms with Gasteiger partial charge in [-0.1, -0.05) is 0 Å². The first kappa shape index (κ1) is 15.9. The molecule has 1 fully saturated rings. The Balaban J connectivity index is 2.51. The summed E-state index contributed by atoms with van der Waals surface area (Å²) in [6, 6.07) is 0.0508. The molecule has 108 valence electrons. The zero-order chi connectivity index (χ0) is 13.8. The summed E-state index contributed by atoms with van der Waals surface area (Å²) in [5.41, 5.74) is 5.87. The molecule has 0 aromatic carbocycles. The molecular weight excluding hydrogens is 252 g/mol. The Morgan fingerprint density at radius 3 is 2.61 bits per heavy atom. The second-order valence-electron chi connectivity index (χ2n) is 5.35. The van der Waals surface area contributed by atoms with Crippen LogP contribution in [0.2, 0.25) is 0 Å². The van der Waals surface area contributed by atoms with Crippen molar-refractivity contribution in [3.8, 4) is 0 Å². The van der Waals surface area contributed by atoms with E-state index in [2.05, 4.69) is 0 Å². The molecule has 0 saturated carbocycles. The van der Waals surface area contributed by atoms with Crippen LogP contribution in [0, 0.1) is 5.92 Å². The minimum Gasteiger partial charge on any atom is -0.378 e. The summed E-state index contributed by atoms with van der Waals surface area (Å²) >= 11 is 0. The Kier molecular flexibility index (Phi) is 6.04. The van der Waals surface area contributed by atoms with E-state index in [9.17, 15) is 8.42 Å². The van der Waals surface area contributed by atoms with E-state index < -0.39 is 10.0 Å². The van der Waals surface area contributed by atoms with Crippen LogP contribution in [-0.2, 0) is 14.8 Å². The maximum absolute atomic E-state index is 12.1. The monoisotopic (exact) mass is 278 g/mol. The molecule has 2 N–H and O–H groups in total. The fraction of sp³-hybridized carbons (Fsp3) is 1.00. The average molecular weight is 278 g/mol. The van der Waals surface area contributed by atoms with Crippen LogP contribution < -0.4 is 5.73 Å². The Labute approximate surface area is 111 Å². The fourth-order valence-corrected chi connectivity index (χ4v) is 3.56. The van der Waals surface area contributed by atoms with E-state index in [0.717, 1.165) is 12.8 Å². The number of ether oxygens (including phenoxy) is 1. The van der Waals surface area contributed by atoms with Crippen LogP contribution in [0.5, 0.6) is 0 Å². The molecule has 6 heteroatoms. The molecule has 2 unspecified atom stereocenters. The van der Waals surface area contributed by atoms with Crippen molar-refractivity contribution in [2.24, 2.45) is 11.7 Å². The van der Waals surface area contributed by atoms with E-state index in [1.807, 2.05) is 20.8 Å². The lowest BCUT2D eigenvalue weighted by atomic mass is 9.93. The second kappa shape index (κ2) is 6.84. The molecule has 0 aromatic heterocycles. The summed E-state index contributed by atoms with van der Waals surface area (Å²) < 4.78 is 31.2. The van der Waals surface area contributed by atoms with Gasteiger partial charge in [-0.15, -0.1) is 0 Å². The van der Waals surface area contributed by atoms with Crippen LogP contribution in [0.3, 0.4) is 0 Å². The van der Waals surface area contributed by atoms with Gasteiger partial charge in [-0.3, -0.25) is 0 Å². The molecule has 0 aromatic rings. The summed E-state index contributed by atoms with van der Waals surface area (Å²) in [5.74, 6) is 0.344. The zero-order valence-electron chi connectivity index (χ0n) is 11.6. The van der Waals surface area contributed by atoms with Gasteiger partial charge in [0.05, 0.1) is 18.5 Å². The molecular formula is C12H26N2O3S. The SMILES string of the molecule is CC(C)OCCS(=O)(=O)N1CCCC(C(C)N)C1. The second-order valence-corrected chi connectivity index (χ2v) is 7.44. The highest BCUT2D eigenvalue weighted by Crippen LogP contribution is 2.21. The summed E-state index contributed by atoms with van der Waals surface area (Å²) in [5, 5.41) is 0. The summed E-state index contributed by atoms with van der Waals surface area (Å²) in [6.07, 6.45) is 1.99. The van der Waals surface area contributed by atoms with Crippen LogP contribution in [-0.4, -0.2) is 50.3 Å². The largest absolute Gasteiger partial charge is 0.378 e. The minimum absolute atomic E-state index is 0.0508. The van der Waals surface area contributed by atoms with Crippen molar-refractivity contribution in [1.29, 1.82) is 0 Å². The van der Waals surface area contributed by atoms with Crippen LogP contribution in [0.4, 0.5) is 0 Å². The van der Waals surface area contributed by atoms with Gasteiger partial charge in [0.1, 0.15) is 0 Å². The van der Waals surface area contributed by atoms with Crippen molar-refractivity contribution in [3.63, 3.8) is 0 Å². The number of nitrogens with zero attached hydrogens (tertiary/aromatic N) is 1. The lowest BCUT2D eigenvalue weighted by Crippen LogP contribution is -2.46. The Bertz CT molecular complexity index is 341. The number of rotatable bonds is 6. The Morgan fingerprint density at radius 1 is 1.39 bits per heavy atom. The van der Waals surface area contributed by atoms with Crippen LogP contribution >= 0.6 is 0 Å². The molecule has 0 spiro atoms. The van der Waals surface area contributed by atoms with Gasteiger partial charge in [0.15, 0.2) is 0 Å². The molecule has 1 saturated heterocycles. The highest BCUT2D eigenvalue weighted by molar-refractivity contribution is 7.89. The minimum atomic E-state index is -3.19. The third kappa shape index (κ3) is 4.84. The molecule has 0 amide bonds. The van der Waals surface area contributed by atoms with Crippen molar-refractivity contribution < 1.29 is 13.2 Å². The third-order valence-corrected chi connectivity index (χ3v) is 5.15. The molecule has 1 heterocycles. The fourth-order valence-electron chi connectivity index (χ4n) is 2.17. The predicted octanol–water partition coefficient (Wildman–Crippen LogP) is 0.800. The molecule has 18 heavy (non-hydrogen) atoms. The highest BCUT2D eigenvalue weighted by Gasteiger charge is 2.30. The molecule has 1 aliphatic rings. The van der Waals surface area contributed by atoms with Crippen LogP contribution in [0.1, 0.15) is 33.6 Å². The summed E-state index contributed by atoms with van der Waals surface area (Å²) in [6.45, 7) is 7.19. The number of nitrogens with two attached hydrogens (primary N) is 1. The van der Waals surface area contributed by atoms with Gasteiger partial charge in [0.2, 0.25) is 10.0 Å². The number of hydrogen-bond donors (Lipinski definition) is 1. The first-order valence-electron chi connectivity index (χ1n) is 6.68. The number of piperidine rings is 1. The van der Waals surface area contributed by atoms with Gasteiger partial charge in [-0.25, -0.2) is 12.7 Å². The van der Waals surface area contributed by atoms with Gasteiger partial charge in [-0.05, 0) is 39.5 Å². The van der Waals surface area contributed by atoms with E-state index in [4.69, 9.17) is 10.5 Å². The highest BCUT2D eigenvalue weighted by atomic mass is 32.2. The van der Waals surface area contributed by atoms with Gasteiger partial charge < -0.3 is 10.5 Å². The first-order chi connectivity index (χ1) is 8.33. The lowest BCUT2D eigenvalue weighted by Gasteiger charge is -2.33. The third-order valence-electron chi connectivity index (χ3n) is 3.35. The van der Waals surface area contributed by atoms with E-state index in [-0.39, 0.29) is 30.4 Å². The zero-order valence-corrected chi connectivity index (χ0v) is 12.4. The standard InChI is InChI=1S/C12H26N2O3S/c1-10(2)17-7-8-18(15,16)14-6-4-5-12(9-14)11(3)13/h10-12H,4-9,13H2,1-3H3. The Morgan fingerprint density at radius 2 is 2.06 bits per heavy atom. The van der Waals surface area contributed by atoms with Gasteiger partial charge in [0, 0.05) is 19.1 Å². The summed E-state index contributed by atoms with van der Waals surface area (Å²) in [7, 11) is -3.19. The molecule has 1 aliphatic heterocycles. The maximum Gasteiger partial charge on any atom is 0.216 e. The first-order valence-corrected chi connectivity index (χ1v) is 8.29. The average Bonchev–Trinajstić information content (AvgIpc) is 2.28. The van der Waals surface area contributed by atoms with Gasteiger partial charge >= 0.3 is 0 Å². The van der Waals surface area contributed by atoms with E-state index in [1.54, 1.807) is 4.31 Å². The van der Waals surface area contributed by atoms with E-state index >= 15 is 0 Å². The smallest absolute Gasteiger partial charge is 0.216 e. The maximum atomic E-state index is 12.1. The Hall–Kier alpha value is -0.170. The van der Waals surface area contributed by atoms with Gasteiger partial charge in [-0.2, -0.15) is 0 Å². The molecule has 1 rings (SSSR count). The van der Waals surface area contributed by atoms with E-state index in [0.29, 0.717) is 13.1 Å². The van der Waals surface area contributed by atoms with Crippen molar-refractivity contribution in [3.05, 3.63) is 0 Å². The molecule has 5 nitrogen and oxygen atoms in total. The van der Waals surface area contributed by atoms with Crippen molar-refractivity contribution >= 4 is 10.0 Å². The molecule has 2 atom stereocenters. The van der Waals surface area contributed by atoms with Gasteiger partial charge in [0.25, 0.3) is 0 Å². The topological polar surface area (TPSA) is 72.6 Å². The lowest BCUT2D eigenvalue weighted by molar-refractivity contribution is 0.0904. The van der Waals surface area contributed by atoms with Crippen molar-refractivity contribution in [2.75, 3.05) is 25.4 Å².